The van der Waals surface area contributed by atoms with Crippen molar-refractivity contribution in [3.63, 3.8) is 0 Å². The van der Waals surface area contributed by atoms with Gasteiger partial charge in [-0.05, 0) is 11.8 Å². The Morgan fingerprint density at radius 1 is 1.18 bits per heavy atom. The molecule has 1 rings (SSSR count). The lowest BCUT2D eigenvalue weighted by Gasteiger charge is -2.19. The topological polar surface area (TPSA) is 89.9 Å². The van der Waals surface area contributed by atoms with Gasteiger partial charge in [0, 0.05) is 0 Å². The molecule has 1 aliphatic rings. The first-order valence-electron chi connectivity index (χ1n) is 6.55. The zero-order valence-corrected chi connectivity index (χ0v) is 14.5. The Kier molecular flexibility index (Phi) is 7.02. The average molecular weight is 382 g/mol. The second-order valence-corrected chi connectivity index (χ2v) is 10.6. The molecule has 0 bridgehead atoms. The van der Waals surface area contributed by atoms with Crippen LogP contribution in [0.4, 0.5) is 12.6 Å². The van der Waals surface area contributed by atoms with Crippen LogP contribution in [0.5, 0.6) is 0 Å². The van der Waals surface area contributed by atoms with Crippen LogP contribution in [0.25, 0.3) is 0 Å². The molecule has 1 fully saturated rings. The summed E-state index contributed by atoms with van der Waals surface area (Å²) < 4.78 is 79.7. The molecule has 0 aromatic carbocycles. The second-order valence-electron chi connectivity index (χ2n) is 5.32. The molecular weight excluding hydrogens is 365 g/mol. The lowest BCUT2D eigenvalue weighted by Crippen LogP contribution is -2.13. The van der Waals surface area contributed by atoms with Gasteiger partial charge in [-0.3, -0.25) is 13.7 Å². The van der Waals surface area contributed by atoms with Crippen LogP contribution >= 0.6 is 23.3 Å². The minimum absolute atomic E-state index is 0.107. The Morgan fingerprint density at radius 3 is 2.23 bits per heavy atom. The maximum absolute atomic E-state index is 13.5. The van der Waals surface area contributed by atoms with Crippen LogP contribution in [-0.4, -0.2) is 25.2 Å². The molecule has 1 saturated carbocycles. The highest BCUT2D eigenvalue weighted by Crippen LogP contribution is 2.71. The van der Waals surface area contributed by atoms with Crippen molar-refractivity contribution in [2.24, 2.45) is 11.8 Å². The third kappa shape index (κ3) is 7.33. The lowest BCUT2D eigenvalue weighted by atomic mass is 9.85. The molecule has 1 aliphatic carbocycles. The summed E-state index contributed by atoms with van der Waals surface area (Å²) in [5.74, 6) is -2.31. The molecule has 0 saturated heterocycles. The quantitative estimate of drug-likeness (QED) is 0.481. The van der Waals surface area contributed by atoms with Crippen molar-refractivity contribution in [2.45, 2.75) is 32.0 Å². The zero-order valence-electron chi connectivity index (χ0n) is 11.8. The molecular formula is C9H17BF3O6P3. The zero-order chi connectivity index (χ0) is 17.2. The van der Waals surface area contributed by atoms with Gasteiger partial charge in [-0.25, -0.2) is 4.57 Å². The fourth-order valence-electron chi connectivity index (χ4n) is 2.55. The van der Waals surface area contributed by atoms with E-state index >= 15 is 0 Å². The Bertz CT molecular complexity index is 529. The number of rotatable bonds is 8. The minimum Gasteiger partial charge on any atom is -0.321 e. The van der Waals surface area contributed by atoms with Crippen molar-refractivity contribution in [1.29, 1.82) is 0 Å². The molecule has 0 aliphatic heterocycles. The van der Waals surface area contributed by atoms with Gasteiger partial charge in [-0.15, -0.1) is 4.20 Å². The van der Waals surface area contributed by atoms with Crippen LogP contribution in [0, 0.1) is 11.8 Å². The molecule has 0 spiro atoms. The highest BCUT2D eigenvalue weighted by molar-refractivity contribution is 7.74. The summed E-state index contributed by atoms with van der Waals surface area (Å²) in [5, 5.41) is 0. The Hall–Kier alpha value is 0.425. The largest absolute Gasteiger partial charge is 0.520 e. The molecule has 0 heterocycles. The second kappa shape index (κ2) is 7.54. The summed E-state index contributed by atoms with van der Waals surface area (Å²) >= 11 is 0. The van der Waals surface area contributed by atoms with E-state index in [2.05, 4.69) is 8.83 Å². The molecule has 3 unspecified atom stereocenters. The first-order chi connectivity index (χ1) is 9.84. The van der Waals surface area contributed by atoms with Crippen molar-refractivity contribution < 1.29 is 40.0 Å². The fraction of sp³-hybridized carbons (Fsp3) is 1.00. The van der Waals surface area contributed by atoms with E-state index in [1.54, 1.807) is 0 Å². The molecule has 1 N–H and O–H groups in total. The predicted octanol–water partition coefficient (Wildman–Crippen LogP) is 4.77. The van der Waals surface area contributed by atoms with E-state index in [0.29, 0.717) is 12.8 Å². The molecule has 2 radical (unpaired) electrons. The Morgan fingerprint density at radius 2 is 1.73 bits per heavy atom. The van der Waals surface area contributed by atoms with Gasteiger partial charge in [0.25, 0.3) is 0 Å². The van der Waals surface area contributed by atoms with E-state index < -0.39 is 35.8 Å². The van der Waals surface area contributed by atoms with Crippen LogP contribution in [0.2, 0.25) is 5.82 Å². The first-order valence-corrected chi connectivity index (χ1v) is 11.4. The molecule has 128 valence electrons. The van der Waals surface area contributed by atoms with Gasteiger partial charge in [-0.2, -0.15) is 12.7 Å². The lowest BCUT2D eigenvalue weighted by molar-refractivity contribution is 0.171. The summed E-state index contributed by atoms with van der Waals surface area (Å²) in [6.07, 6.45) is 1.90. The van der Waals surface area contributed by atoms with Crippen LogP contribution in [0.15, 0.2) is 0 Å². The van der Waals surface area contributed by atoms with Gasteiger partial charge in [0.1, 0.15) is 0 Å². The predicted molar refractivity (Wildman–Crippen MR) is 76.3 cm³/mol. The third-order valence-electron chi connectivity index (χ3n) is 3.41. The number of halogens is 3. The fourth-order valence-corrected chi connectivity index (χ4v) is 6.61. The Balaban J connectivity index is 2.59. The van der Waals surface area contributed by atoms with Gasteiger partial charge < -0.3 is 4.89 Å². The van der Waals surface area contributed by atoms with Gasteiger partial charge >= 0.3 is 23.3 Å². The van der Waals surface area contributed by atoms with Crippen molar-refractivity contribution in [3.8, 4) is 0 Å². The summed E-state index contributed by atoms with van der Waals surface area (Å²) in [7, 11) is -11.1. The van der Waals surface area contributed by atoms with Crippen molar-refractivity contribution >= 4 is 31.1 Å². The van der Waals surface area contributed by atoms with Crippen LogP contribution < -0.4 is 0 Å². The van der Waals surface area contributed by atoms with E-state index in [1.807, 2.05) is 6.92 Å². The van der Waals surface area contributed by atoms with Crippen LogP contribution in [-0.2, 0) is 22.5 Å². The number of hydrogen-bond acceptors (Lipinski definition) is 5. The van der Waals surface area contributed by atoms with Gasteiger partial charge in [0.15, 0.2) is 5.90 Å². The summed E-state index contributed by atoms with van der Waals surface area (Å²) in [6, 6.07) is 0. The molecule has 6 nitrogen and oxygen atoms in total. The van der Waals surface area contributed by atoms with E-state index in [-0.39, 0.29) is 17.7 Å². The molecule has 0 amide bonds. The average Bonchev–Trinajstić information content (AvgIpc) is 2.62. The third-order valence-corrected chi connectivity index (χ3v) is 8.37. The van der Waals surface area contributed by atoms with E-state index in [9.17, 15) is 26.3 Å². The smallest absolute Gasteiger partial charge is 0.321 e. The monoisotopic (exact) mass is 382 g/mol. The molecule has 22 heavy (non-hydrogen) atoms. The molecule has 0 aromatic heterocycles. The standard InChI is InChI=1S/C9H17BF3O6P3/c1-2-7-3-9(10)4-8(7)5-18-22(13,17)19-21(12,16)6-20(11,14)15/h7-9H,2-6H2,1H3,(H,14,15)/t7-,8-,9+,21?,22?/m1/s1. The summed E-state index contributed by atoms with van der Waals surface area (Å²) in [6.45, 7) is 1.49. The highest BCUT2D eigenvalue weighted by atomic mass is 31.3. The van der Waals surface area contributed by atoms with Crippen molar-refractivity contribution in [1.82, 2.24) is 0 Å². The SMILES string of the molecule is [B][C@H]1C[C@@H](CC)[C@@H](COP(=O)(F)OP(=O)(F)CP(=O)(O)F)C1. The maximum atomic E-state index is 13.5. The van der Waals surface area contributed by atoms with Crippen molar-refractivity contribution in [2.75, 3.05) is 12.5 Å². The molecule has 6 atom stereocenters. The van der Waals surface area contributed by atoms with Gasteiger partial charge in [-0.1, -0.05) is 32.0 Å². The van der Waals surface area contributed by atoms with Gasteiger partial charge in [0.2, 0.25) is 0 Å². The van der Waals surface area contributed by atoms with Crippen LogP contribution in [0.1, 0.15) is 26.2 Å². The normalized spacial score (nSPS) is 33.8. The summed E-state index contributed by atoms with van der Waals surface area (Å²) in [5.41, 5.74) is 0. The molecule has 0 aromatic rings. The van der Waals surface area contributed by atoms with E-state index in [0.717, 1.165) is 6.42 Å². The van der Waals surface area contributed by atoms with Crippen LogP contribution in [0.3, 0.4) is 0 Å². The van der Waals surface area contributed by atoms with E-state index in [1.165, 1.54) is 0 Å². The molecule has 13 heteroatoms. The number of hydrogen-bond donors (Lipinski definition) is 1. The Labute approximate surface area is 128 Å². The minimum atomic E-state index is -5.71. The highest BCUT2D eigenvalue weighted by Gasteiger charge is 2.43. The van der Waals surface area contributed by atoms with E-state index in [4.69, 9.17) is 12.7 Å². The first kappa shape index (κ1) is 20.5. The van der Waals surface area contributed by atoms with Crippen molar-refractivity contribution in [3.05, 3.63) is 0 Å². The maximum Gasteiger partial charge on any atom is 0.520 e. The summed E-state index contributed by atoms with van der Waals surface area (Å²) in [4.78, 5) is 8.28. The van der Waals surface area contributed by atoms with Gasteiger partial charge in [0.05, 0.1) is 14.5 Å².